The number of aliphatic carboxylic acids is 1. The summed E-state index contributed by atoms with van der Waals surface area (Å²) in [5.41, 5.74) is 11.2. The van der Waals surface area contributed by atoms with Gasteiger partial charge in [0.15, 0.2) is 0 Å². The highest BCUT2D eigenvalue weighted by Gasteiger charge is 2.29. The van der Waals surface area contributed by atoms with E-state index in [-0.39, 0.29) is 0 Å². The highest BCUT2D eigenvalue weighted by atomic mass is 16.4. The zero-order valence-corrected chi connectivity index (χ0v) is 8.03. The smallest absolute Gasteiger partial charge is 0.328 e. The van der Waals surface area contributed by atoms with Crippen molar-refractivity contribution >= 4 is 5.97 Å². The molecule has 0 saturated heterocycles. The molecule has 4 heteroatoms. The Kier molecular flexibility index (Phi) is 2.88. The van der Waals surface area contributed by atoms with Gasteiger partial charge in [0, 0.05) is 6.54 Å². The fraction of sp³-hybridized carbons (Fsp3) is 0.300. The zero-order valence-electron chi connectivity index (χ0n) is 8.03. The van der Waals surface area contributed by atoms with Crippen LogP contribution in [0.4, 0.5) is 0 Å². The second-order valence-electron chi connectivity index (χ2n) is 3.41. The quantitative estimate of drug-likeness (QED) is 0.650. The Morgan fingerprint density at radius 2 is 1.93 bits per heavy atom. The minimum absolute atomic E-state index is 0.439. The fourth-order valence-electron chi connectivity index (χ4n) is 1.11. The van der Waals surface area contributed by atoms with Crippen LogP contribution in [0.1, 0.15) is 18.1 Å². The predicted octanol–water partition coefficient (Wildman–Crippen LogP) is 0.404. The Labute approximate surface area is 82.5 Å². The molecule has 76 valence electrons. The van der Waals surface area contributed by atoms with Crippen molar-refractivity contribution in [1.29, 1.82) is 0 Å². The summed E-state index contributed by atoms with van der Waals surface area (Å²) in [4.78, 5) is 10.8. The molecular formula is C10H14N2O2. The van der Waals surface area contributed by atoms with E-state index < -0.39 is 11.5 Å². The van der Waals surface area contributed by atoms with E-state index in [1.165, 1.54) is 6.92 Å². The maximum absolute atomic E-state index is 10.8. The SMILES string of the molecule is C[C@](N)(C(=O)O)c1ccc(CN)cc1. The number of carbonyl (C=O) groups is 1. The number of benzene rings is 1. The van der Waals surface area contributed by atoms with Gasteiger partial charge in [0.1, 0.15) is 5.54 Å². The number of rotatable bonds is 3. The largest absolute Gasteiger partial charge is 0.480 e. The van der Waals surface area contributed by atoms with E-state index in [0.29, 0.717) is 12.1 Å². The van der Waals surface area contributed by atoms with Crippen LogP contribution in [0.2, 0.25) is 0 Å². The third-order valence-corrected chi connectivity index (χ3v) is 2.23. The number of carboxylic acids is 1. The van der Waals surface area contributed by atoms with Gasteiger partial charge in [-0.1, -0.05) is 24.3 Å². The summed E-state index contributed by atoms with van der Waals surface area (Å²) in [6, 6.07) is 6.94. The lowest BCUT2D eigenvalue weighted by Gasteiger charge is -2.19. The molecule has 0 aliphatic rings. The summed E-state index contributed by atoms with van der Waals surface area (Å²) in [5.74, 6) is -1.04. The van der Waals surface area contributed by atoms with Crippen LogP contribution in [0.3, 0.4) is 0 Å². The predicted molar refractivity (Wildman–Crippen MR) is 53.5 cm³/mol. The molecule has 0 radical (unpaired) electrons. The van der Waals surface area contributed by atoms with E-state index in [1.54, 1.807) is 24.3 Å². The molecule has 0 aliphatic carbocycles. The first-order valence-electron chi connectivity index (χ1n) is 4.30. The van der Waals surface area contributed by atoms with Crippen molar-refractivity contribution in [3.63, 3.8) is 0 Å². The van der Waals surface area contributed by atoms with Gasteiger partial charge in [-0.15, -0.1) is 0 Å². The van der Waals surface area contributed by atoms with Crippen LogP contribution in [0.25, 0.3) is 0 Å². The molecule has 1 rings (SSSR count). The number of carboxylic acid groups (broad SMARTS) is 1. The molecule has 0 aromatic heterocycles. The molecule has 5 N–H and O–H groups in total. The van der Waals surface area contributed by atoms with Crippen molar-refractivity contribution in [3.05, 3.63) is 35.4 Å². The molecule has 4 nitrogen and oxygen atoms in total. The monoisotopic (exact) mass is 194 g/mol. The highest BCUT2D eigenvalue weighted by molar-refractivity contribution is 5.79. The molecular weight excluding hydrogens is 180 g/mol. The number of hydrogen-bond donors (Lipinski definition) is 3. The van der Waals surface area contributed by atoms with Gasteiger partial charge < -0.3 is 16.6 Å². The summed E-state index contributed by atoms with van der Waals surface area (Å²) in [5, 5.41) is 8.87. The van der Waals surface area contributed by atoms with Crippen molar-refractivity contribution < 1.29 is 9.90 Å². The topological polar surface area (TPSA) is 89.3 Å². The molecule has 0 amide bonds. The second kappa shape index (κ2) is 3.77. The molecule has 0 spiro atoms. The Bertz CT molecular complexity index is 330. The zero-order chi connectivity index (χ0) is 10.8. The van der Waals surface area contributed by atoms with Gasteiger partial charge in [-0.3, -0.25) is 0 Å². The van der Waals surface area contributed by atoms with Crippen molar-refractivity contribution in [2.75, 3.05) is 0 Å². The lowest BCUT2D eigenvalue weighted by Crippen LogP contribution is -2.41. The van der Waals surface area contributed by atoms with Crippen molar-refractivity contribution in [2.45, 2.75) is 19.0 Å². The van der Waals surface area contributed by atoms with Crippen LogP contribution in [0.15, 0.2) is 24.3 Å². The van der Waals surface area contributed by atoms with E-state index >= 15 is 0 Å². The third kappa shape index (κ3) is 1.92. The molecule has 0 bridgehead atoms. The Morgan fingerprint density at radius 3 is 2.29 bits per heavy atom. The first-order valence-corrected chi connectivity index (χ1v) is 4.30. The minimum atomic E-state index is -1.34. The number of nitrogens with two attached hydrogens (primary N) is 2. The van der Waals surface area contributed by atoms with Gasteiger partial charge in [0.25, 0.3) is 0 Å². The van der Waals surface area contributed by atoms with Gasteiger partial charge in [-0.05, 0) is 18.1 Å². The standard InChI is InChI=1S/C10H14N2O2/c1-10(12,9(13)14)8-4-2-7(6-11)3-5-8/h2-5H,6,11-12H2,1H3,(H,13,14)/t10-/m1/s1. The van der Waals surface area contributed by atoms with E-state index in [1.807, 2.05) is 0 Å². The number of hydrogen-bond acceptors (Lipinski definition) is 3. The molecule has 0 unspecified atom stereocenters. The van der Waals surface area contributed by atoms with Crippen LogP contribution in [-0.2, 0) is 16.9 Å². The maximum Gasteiger partial charge on any atom is 0.328 e. The summed E-state index contributed by atoms with van der Waals surface area (Å²) in [7, 11) is 0. The van der Waals surface area contributed by atoms with Crippen molar-refractivity contribution in [1.82, 2.24) is 0 Å². The van der Waals surface area contributed by atoms with E-state index in [4.69, 9.17) is 16.6 Å². The summed E-state index contributed by atoms with van der Waals surface area (Å²) in [6.07, 6.45) is 0. The van der Waals surface area contributed by atoms with E-state index in [0.717, 1.165) is 5.56 Å². The lowest BCUT2D eigenvalue weighted by atomic mass is 9.93. The molecule has 0 fully saturated rings. The minimum Gasteiger partial charge on any atom is -0.480 e. The van der Waals surface area contributed by atoms with E-state index in [9.17, 15) is 4.79 Å². The van der Waals surface area contributed by atoms with Crippen LogP contribution in [0, 0.1) is 0 Å². The van der Waals surface area contributed by atoms with Gasteiger partial charge in [0.05, 0.1) is 0 Å². The molecule has 0 aliphatic heterocycles. The van der Waals surface area contributed by atoms with Crippen LogP contribution < -0.4 is 11.5 Å². The Hall–Kier alpha value is -1.39. The molecule has 1 atom stereocenters. The average Bonchev–Trinajstić information content (AvgIpc) is 2.17. The van der Waals surface area contributed by atoms with Gasteiger partial charge in [0.2, 0.25) is 0 Å². The Balaban J connectivity index is 3.02. The van der Waals surface area contributed by atoms with Crippen LogP contribution in [0.5, 0.6) is 0 Å². The molecule has 1 aromatic carbocycles. The average molecular weight is 194 g/mol. The van der Waals surface area contributed by atoms with Crippen molar-refractivity contribution in [2.24, 2.45) is 11.5 Å². The third-order valence-electron chi connectivity index (χ3n) is 2.23. The van der Waals surface area contributed by atoms with E-state index in [2.05, 4.69) is 0 Å². The summed E-state index contributed by atoms with van der Waals surface area (Å²) >= 11 is 0. The first kappa shape index (κ1) is 10.7. The van der Waals surface area contributed by atoms with Crippen LogP contribution >= 0.6 is 0 Å². The first-order chi connectivity index (χ1) is 6.48. The molecule has 0 saturated carbocycles. The normalized spacial score (nSPS) is 14.8. The molecule has 14 heavy (non-hydrogen) atoms. The highest BCUT2D eigenvalue weighted by Crippen LogP contribution is 2.18. The van der Waals surface area contributed by atoms with Gasteiger partial charge >= 0.3 is 5.97 Å². The lowest BCUT2D eigenvalue weighted by molar-refractivity contribution is -0.143. The van der Waals surface area contributed by atoms with Crippen LogP contribution in [-0.4, -0.2) is 11.1 Å². The fourth-order valence-corrected chi connectivity index (χ4v) is 1.11. The summed E-state index contributed by atoms with van der Waals surface area (Å²) < 4.78 is 0. The van der Waals surface area contributed by atoms with Gasteiger partial charge in [-0.2, -0.15) is 0 Å². The molecule has 0 heterocycles. The molecule has 1 aromatic rings. The maximum atomic E-state index is 10.8. The van der Waals surface area contributed by atoms with Crippen molar-refractivity contribution in [3.8, 4) is 0 Å². The second-order valence-corrected chi connectivity index (χ2v) is 3.41. The van der Waals surface area contributed by atoms with Gasteiger partial charge in [-0.25, -0.2) is 4.79 Å². The Morgan fingerprint density at radius 1 is 1.43 bits per heavy atom. The summed E-state index contributed by atoms with van der Waals surface area (Å²) in [6.45, 7) is 1.90.